The van der Waals surface area contributed by atoms with Crippen molar-refractivity contribution in [3.63, 3.8) is 0 Å². The molecule has 1 saturated heterocycles. The monoisotopic (exact) mass is 521 g/mol. The van der Waals surface area contributed by atoms with E-state index < -0.39 is 12.7 Å². The van der Waals surface area contributed by atoms with E-state index in [0.717, 1.165) is 19.5 Å². The minimum atomic E-state index is -4.17. The summed E-state index contributed by atoms with van der Waals surface area (Å²) in [5.41, 5.74) is 0. The Labute approximate surface area is 183 Å². The minimum absolute atomic E-state index is 0. The number of rotatable bonds is 8. The van der Waals surface area contributed by atoms with E-state index in [1.807, 2.05) is 0 Å². The minimum Gasteiger partial charge on any atom is -0.356 e. The lowest BCUT2D eigenvalue weighted by Gasteiger charge is -2.26. The van der Waals surface area contributed by atoms with Crippen molar-refractivity contribution in [3.05, 3.63) is 0 Å². The first-order chi connectivity index (χ1) is 12.5. The smallest absolute Gasteiger partial charge is 0.356 e. The largest absolute Gasteiger partial charge is 0.401 e. The number of nitrogens with one attached hydrogen (secondary N) is 1. The van der Waals surface area contributed by atoms with Gasteiger partial charge >= 0.3 is 6.18 Å². The van der Waals surface area contributed by atoms with E-state index in [9.17, 15) is 18.0 Å². The molecule has 1 amide bonds. The molecule has 0 aromatic heterocycles. The predicted molar refractivity (Wildman–Crippen MR) is 117 cm³/mol. The molecule has 28 heavy (non-hydrogen) atoms. The zero-order valence-electron chi connectivity index (χ0n) is 17.6. The van der Waals surface area contributed by atoms with Gasteiger partial charge in [-0.1, -0.05) is 20.8 Å². The van der Waals surface area contributed by atoms with Crippen LogP contribution in [0.2, 0.25) is 0 Å². The fourth-order valence-corrected chi connectivity index (χ4v) is 2.95. The number of aliphatic imine (C=N–C) groups is 1. The number of amides is 1. The normalized spacial score (nSPS) is 17.9. The van der Waals surface area contributed by atoms with Gasteiger partial charge in [0.15, 0.2) is 5.96 Å². The van der Waals surface area contributed by atoms with E-state index in [4.69, 9.17) is 0 Å². The highest BCUT2D eigenvalue weighted by Gasteiger charge is 2.33. The van der Waals surface area contributed by atoms with Crippen LogP contribution in [-0.4, -0.2) is 92.7 Å². The molecule has 0 spiro atoms. The Bertz CT molecular complexity index is 500. The second kappa shape index (κ2) is 12.7. The van der Waals surface area contributed by atoms with Gasteiger partial charge in [0.1, 0.15) is 6.54 Å². The molecule has 1 aliphatic rings. The van der Waals surface area contributed by atoms with Crippen molar-refractivity contribution in [2.24, 2.45) is 16.8 Å². The lowest BCUT2D eigenvalue weighted by Crippen LogP contribution is -2.43. The maximum absolute atomic E-state index is 12.7. The van der Waals surface area contributed by atoms with Crippen molar-refractivity contribution in [1.82, 2.24) is 20.0 Å². The maximum atomic E-state index is 12.7. The average molecular weight is 521 g/mol. The summed E-state index contributed by atoms with van der Waals surface area (Å²) < 4.78 is 38.0. The summed E-state index contributed by atoms with van der Waals surface area (Å²) in [5.74, 6) is 1.15. The molecule has 1 N–H and O–H groups in total. The van der Waals surface area contributed by atoms with E-state index in [0.29, 0.717) is 31.5 Å². The molecule has 1 aliphatic heterocycles. The van der Waals surface area contributed by atoms with Gasteiger partial charge in [-0.05, 0) is 24.8 Å². The van der Waals surface area contributed by atoms with E-state index >= 15 is 0 Å². The number of likely N-dealkylation sites (tertiary alicyclic amines) is 1. The molecule has 1 rings (SSSR count). The van der Waals surface area contributed by atoms with Gasteiger partial charge in [-0.15, -0.1) is 24.0 Å². The predicted octanol–water partition coefficient (Wildman–Crippen LogP) is 2.50. The summed E-state index contributed by atoms with van der Waals surface area (Å²) in [7, 11) is 3.37. The van der Waals surface area contributed by atoms with E-state index in [1.54, 1.807) is 21.0 Å². The van der Waals surface area contributed by atoms with Gasteiger partial charge in [0.05, 0.1) is 6.54 Å². The molecule has 0 aromatic carbocycles. The first-order valence-electron chi connectivity index (χ1n) is 9.54. The highest BCUT2D eigenvalue weighted by atomic mass is 127. The Morgan fingerprint density at radius 1 is 1.32 bits per heavy atom. The molecule has 1 atom stereocenters. The molecule has 10 heteroatoms. The molecule has 0 bridgehead atoms. The molecule has 0 radical (unpaired) electrons. The molecular formula is C18H35F3IN5O. The highest BCUT2D eigenvalue weighted by Crippen LogP contribution is 2.21. The molecule has 1 unspecified atom stereocenters. The summed E-state index contributed by atoms with van der Waals surface area (Å²) in [5, 5.41) is 3.29. The van der Waals surface area contributed by atoms with Crippen LogP contribution < -0.4 is 5.32 Å². The molecule has 6 nitrogen and oxygen atoms in total. The lowest BCUT2D eigenvalue weighted by atomic mass is 10.1. The summed E-state index contributed by atoms with van der Waals surface area (Å²) in [6.07, 6.45) is -3.36. The lowest BCUT2D eigenvalue weighted by molar-refractivity contribution is -0.146. The first-order valence-corrected chi connectivity index (χ1v) is 9.54. The van der Waals surface area contributed by atoms with Crippen LogP contribution in [0.25, 0.3) is 0 Å². The average Bonchev–Trinajstić information content (AvgIpc) is 3.00. The summed E-state index contributed by atoms with van der Waals surface area (Å²) in [6.45, 7) is 8.00. The fourth-order valence-electron chi connectivity index (χ4n) is 2.95. The van der Waals surface area contributed by atoms with Gasteiger partial charge in [-0.2, -0.15) is 13.2 Å². The van der Waals surface area contributed by atoms with Gasteiger partial charge in [0.25, 0.3) is 0 Å². The Morgan fingerprint density at radius 2 is 1.96 bits per heavy atom. The Morgan fingerprint density at radius 3 is 2.46 bits per heavy atom. The summed E-state index contributed by atoms with van der Waals surface area (Å²) >= 11 is 0. The van der Waals surface area contributed by atoms with Gasteiger partial charge in [0, 0.05) is 40.3 Å². The number of halogens is 4. The van der Waals surface area contributed by atoms with E-state index in [1.165, 1.54) is 9.80 Å². The third-order valence-corrected chi connectivity index (χ3v) is 4.48. The quantitative estimate of drug-likeness (QED) is 0.303. The molecular weight excluding hydrogens is 486 g/mol. The van der Waals surface area contributed by atoms with Crippen LogP contribution in [0.3, 0.4) is 0 Å². The fraction of sp³-hybridized carbons (Fsp3) is 0.889. The van der Waals surface area contributed by atoms with Crippen LogP contribution in [0, 0.1) is 11.8 Å². The maximum Gasteiger partial charge on any atom is 0.401 e. The number of carbonyl (C=O) groups is 1. The van der Waals surface area contributed by atoms with Crippen LogP contribution in [0.15, 0.2) is 4.99 Å². The van der Waals surface area contributed by atoms with E-state index in [-0.39, 0.29) is 42.3 Å². The Balaban J connectivity index is 0.00000729. The van der Waals surface area contributed by atoms with Gasteiger partial charge in [-0.3, -0.25) is 9.69 Å². The van der Waals surface area contributed by atoms with Crippen LogP contribution in [-0.2, 0) is 4.79 Å². The third kappa shape index (κ3) is 10.7. The van der Waals surface area contributed by atoms with Crippen LogP contribution in [0.4, 0.5) is 13.2 Å². The number of hydrogen-bond acceptors (Lipinski definition) is 3. The van der Waals surface area contributed by atoms with Crippen molar-refractivity contribution in [2.45, 2.75) is 33.4 Å². The number of alkyl halides is 3. The topological polar surface area (TPSA) is 51.2 Å². The second-order valence-electron chi connectivity index (χ2n) is 7.75. The van der Waals surface area contributed by atoms with Gasteiger partial charge in [0.2, 0.25) is 5.91 Å². The molecule has 0 saturated carbocycles. The molecule has 1 heterocycles. The molecule has 0 aliphatic carbocycles. The van der Waals surface area contributed by atoms with Crippen LogP contribution in [0.5, 0.6) is 0 Å². The van der Waals surface area contributed by atoms with Crippen molar-refractivity contribution in [3.8, 4) is 0 Å². The van der Waals surface area contributed by atoms with Gasteiger partial charge < -0.3 is 15.1 Å². The molecule has 0 aromatic rings. The molecule has 166 valence electrons. The Kier molecular flexibility index (Phi) is 12.4. The second-order valence-corrected chi connectivity index (χ2v) is 7.75. The number of nitrogens with zero attached hydrogens (tertiary/aromatic N) is 4. The SMILES string of the molecule is CCN(CC1CCN(C(=NCC(=O)N(C)C)NCC(C)C)C1)CC(F)(F)F.I. The van der Waals surface area contributed by atoms with Crippen LogP contribution in [0.1, 0.15) is 27.2 Å². The standard InChI is InChI=1S/C18H34F3N5O.HI/c1-6-25(13-18(19,20)21)11-15-7-8-26(12-15)17(22-9-14(2)3)23-10-16(27)24(4)5;/h14-15H,6-13H2,1-5H3,(H,22,23);1H. The van der Waals surface area contributed by atoms with E-state index in [2.05, 4.69) is 29.1 Å². The van der Waals surface area contributed by atoms with Crippen LogP contribution >= 0.6 is 24.0 Å². The third-order valence-electron chi connectivity index (χ3n) is 4.48. The number of guanidine groups is 1. The summed E-state index contributed by atoms with van der Waals surface area (Å²) in [6, 6.07) is 0. The van der Waals surface area contributed by atoms with Gasteiger partial charge in [-0.25, -0.2) is 4.99 Å². The highest BCUT2D eigenvalue weighted by molar-refractivity contribution is 14.0. The number of hydrogen-bond donors (Lipinski definition) is 1. The Hall–Kier alpha value is -0.780. The van der Waals surface area contributed by atoms with Crippen molar-refractivity contribution in [2.75, 3.05) is 59.9 Å². The van der Waals surface area contributed by atoms with Crippen molar-refractivity contribution >= 4 is 35.8 Å². The molecule has 1 fully saturated rings. The summed E-state index contributed by atoms with van der Waals surface area (Å²) in [4.78, 5) is 21.3. The van der Waals surface area contributed by atoms with Crippen molar-refractivity contribution < 1.29 is 18.0 Å². The van der Waals surface area contributed by atoms with Crippen molar-refractivity contribution in [1.29, 1.82) is 0 Å². The number of carbonyl (C=O) groups excluding carboxylic acids is 1. The number of likely N-dealkylation sites (N-methyl/N-ethyl adjacent to an activating group) is 1. The first kappa shape index (κ1) is 27.2. The zero-order valence-corrected chi connectivity index (χ0v) is 19.9. The zero-order chi connectivity index (χ0) is 20.6.